The molecule has 0 aliphatic rings. The van der Waals surface area contributed by atoms with Crippen LogP contribution in [0.1, 0.15) is 27.3 Å². The Labute approximate surface area is 155 Å². The largest absolute Gasteiger partial charge is 0.324 e. The van der Waals surface area contributed by atoms with Crippen LogP contribution in [0.3, 0.4) is 0 Å². The minimum Gasteiger partial charge on any atom is -0.324 e. The molecule has 0 radical (unpaired) electrons. The van der Waals surface area contributed by atoms with Gasteiger partial charge in [0.1, 0.15) is 23.0 Å². The van der Waals surface area contributed by atoms with Crippen LogP contribution in [0, 0.1) is 32.4 Å². The van der Waals surface area contributed by atoms with Gasteiger partial charge in [0.25, 0.3) is 5.91 Å². The van der Waals surface area contributed by atoms with Crippen molar-refractivity contribution in [3.63, 3.8) is 0 Å². The van der Waals surface area contributed by atoms with Gasteiger partial charge in [0, 0.05) is 11.4 Å². The molecular weight excluding hydrogens is 350 g/mol. The molecule has 0 aliphatic carbocycles. The van der Waals surface area contributed by atoms with E-state index in [-0.39, 0.29) is 11.6 Å². The van der Waals surface area contributed by atoms with E-state index in [0.717, 1.165) is 28.9 Å². The number of rotatable bonds is 4. The number of nitrogens with zero attached hydrogens (tertiary/aromatic N) is 2. The molecule has 2 N–H and O–H groups in total. The van der Waals surface area contributed by atoms with Crippen LogP contribution in [0.5, 0.6) is 0 Å². The van der Waals surface area contributed by atoms with Crippen LogP contribution in [0.25, 0.3) is 0 Å². The topological polar surface area (TPSA) is 66.9 Å². The summed E-state index contributed by atoms with van der Waals surface area (Å²) in [6, 6.07) is 10.6. The van der Waals surface area contributed by atoms with Gasteiger partial charge in [-0.2, -0.15) is 0 Å². The van der Waals surface area contributed by atoms with Crippen molar-refractivity contribution < 1.29 is 13.6 Å². The summed E-state index contributed by atoms with van der Waals surface area (Å²) in [6.07, 6.45) is 0. The van der Waals surface area contributed by atoms with Crippen molar-refractivity contribution in [2.24, 2.45) is 0 Å². The number of para-hydroxylation sites is 1. The Balaban J connectivity index is 1.86. The lowest BCUT2D eigenvalue weighted by molar-refractivity contribution is 0.102. The van der Waals surface area contributed by atoms with Crippen molar-refractivity contribution in [2.45, 2.75) is 20.8 Å². The molecule has 1 heterocycles. The minimum absolute atomic E-state index is 0.00325. The minimum atomic E-state index is -0.859. The first-order valence-corrected chi connectivity index (χ1v) is 8.29. The van der Waals surface area contributed by atoms with Crippen LogP contribution >= 0.6 is 0 Å². The molecule has 0 aliphatic heterocycles. The molecule has 2 aromatic carbocycles. The van der Waals surface area contributed by atoms with Crippen molar-refractivity contribution in [1.82, 2.24) is 9.97 Å². The number of carbonyl (C=O) groups excluding carboxylic acids is 1. The summed E-state index contributed by atoms with van der Waals surface area (Å²) in [6.45, 7) is 5.69. The highest BCUT2D eigenvalue weighted by Gasteiger charge is 2.16. The summed E-state index contributed by atoms with van der Waals surface area (Å²) in [7, 11) is 0. The number of hydrogen-bond acceptors (Lipinski definition) is 4. The van der Waals surface area contributed by atoms with Crippen molar-refractivity contribution in [2.75, 3.05) is 10.6 Å². The van der Waals surface area contributed by atoms with Gasteiger partial charge in [-0.05, 0) is 62.2 Å². The van der Waals surface area contributed by atoms with Crippen LogP contribution in [-0.2, 0) is 0 Å². The molecule has 3 aromatic rings. The number of hydrogen-bond donors (Lipinski definition) is 2. The van der Waals surface area contributed by atoms with Gasteiger partial charge in [-0.1, -0.05) is 12.1 Å². The second kappa shape index (κ2) is 7.49. The van der Waals surface area contributed by atoms with Crippen molar-refractivity contribution >= 4 is 23.2 Å². The normalized spacial score (nSPS) is 10.6. The molecule has 1 amide bonds. The van der Waals surface area contributed by atoms with E-state index >= 15 is 0 Å². The lowest BCUT2D eigenvalue weighted by atomic mass is 10.1. The van der Waals surface area contributed by atoms with Gasteiger partial charge in [-0.3, -0.25) is 4.79 Å². The molecule has 0 bridgehead atoms. The van der Waals surface area contributed by atoms with Crippen LogP contribution in [0.15, 0.2) is 42.5 Å². The van der Waals surface area contributed by atoms with Crippen LogP contribution in [0.4, 0.5) is 26.1 Å². The fourth-order valence-corrected chi connectivity index (χ4v) is 2.48. The molecule has 7 heteroatoms. The summed E-state index contributed by atoms with van der Waals surface area (Å²) in [5, 5.41) is 5.27. The highest BCUT2D eigenvalue weighted by atomic mass is 19.1. The van der Waals surface area contributed by atoms with E-state index in [1.165, 1.54) is 12.1 Å². The predicted octanol–water partition coefficient (Wildman–Crippen LogP) is 4.68. The van der Waals surface area contributed by atoms with Crippen molar-refractivity contribution in [3.8, 4) is 0 Å². The van der Waals surface area contributed by atoms with E-state index in [9.17, 15) is 13.6 Å². The second-order valence-corrected chi connectivity index (χ2v) is 6.19. The highest BCUT2D eigenvalue weighted by Crippen LogP contribution is 2.20. The van der Waals surface area contributed by atoms with Crippen molar-refractivity contribution in [1.29, 1.82) is 0 Å². The second-order valence-electron chi connectivity index (χ2n) is 6.19. The number of aromatic nitrogens is 2. The zero-order valence-electron chi connectivity index (χ0n) is 15.1. The first-order chi connectivity index (χ1) is 12.8. The van der Waals surface area contributed by atoms with Gasteiger partial charge in [-0.25, -0.2) is 18.7 Å². The van der Waals surface area contributed by atoms with E-state index in [4.69, 9.17) is 0 Å². The Morgan fingerprint density at radius 1 is 0.926 bits per heavy atom. The Morgan fingerprint density at radius 3 is 2.30 bits per heavy atom. The number of amides is 1. The van der Waals surface area contributed by atoms with E-state index in [1.54, 1.807) is 6.92 Å². The first kappa shape index (κ1) is 18.4. The fraction of sp³-hybridized carbons (Fsp3) is 0.150. The lowest BCUT2D eigenvalue weighted by Gasteiger charge is -2.11. The predicted molar refractivity (Wildman–Crippen MR) is 100 cm³/mol. The van der Waals surface area contributed by atoms with E-state index < -0.39 is 23.2 Å². The van der Waals surface area contributed by atoms with Gasteiger partial charge in [-0.15, -0.1) is 0 Å². The first-order valence-electron chi connectivity index (χ1n) is 8.29. The Hall–Kier alpha value is -3.35. The van der Waals surface area contributed by atoms with E-state index in [1.807, 2.05) is 32.0 Å². The number of halogens is 2. The Kier molecular flexibility index (Phi) is 5.12. The monoisotopic (exact) mass is 368 g/mol. The number of anilines is 3. The summed E-state index contributed by atoms with van der Waals surface area (Å²) < 4.78 is 27.5. The van der Waals surface area contributed by atoms with Gasteiger partial charge in [0.2, 0.25) is 5.95 Å². The maximum atomic E-state index is 13.7. The third-order valence-corrected chi connectivity index (χ3v) is 4.05. The van der Waals surface area contributed by atoms with E-state index in [2.05, 4.69) is 20.6 Å². The lowest BCUT2D eigenvalue weighted by Crippen LogP contribution is -2.17. The Morgan fingerprint density at radius 2 is 1.63 bits per heavy atom. The maximum Gasteiger partial charge on any atom is 0.274 e. The van der Waals surface area contributed by atoms with Gasteiger partial charge in [0.05, 0.1) is 0 Å². The van der Waals surface area contributed by atoms with Crippen LogP contribution in [0.2, 0.25) is 0 Å². The number of carbonyl (C=O) groups is 1. The highest BCUT2D eigenvalue weighted by molar-refractivity contribution is 6.03. The van der Waals surface area contributed by atoms with Crippen LogP contribution < -0.4 is 10.6 Å². The number of benzene rings is 2. The summed E-state index contributed by atoms with van der Waals surface area (Å²) in [4.78, 5) is 20.8. The van der Waals surface area contributed by atoms with E-state index in [0.29, 0.717) is 5.69 Å². The third-order valence-electron chi connectivity index (χ3n) is 4.05. The molecule has 0 saturated heterocycles. The average Bonchev–Trinajstić information content (AvgIpc) is 2.61. The Bertz CT molecular complexity index is 1000. The average molecular weight is 368 g/mol. The number of nitrogens with one attached hydrogen (secondary N) is 2. The fourth-order valence-electron chi connectivity index (χ4n) is 2.48. The number of aryl methyl sites for hydroxylation is 3. The zero-order chi connectivity index (χ0) is 19.6. The molecule has 27 heavy (non-hydrogen) atoms. The van der Waals surface area contributed by atoms with Crippen molar-refractivity contribution in [3.05, 3.63) is 76.6 Å². The summed E-state index contributed by atoms with van der Waals surface area (Å²) in [5.74, 6) is -2.23. The summed E-state index contributed by atoms with van der Waals surface area (Å²) in [5.41, 5.74) is 3.04. The standard InChI is InChI=1S/C20H18F2N4O/c1-11-7-8-14(9-12(11)2)24-20-23-13(3)10-17(25-20)19(27)26-18-15(21)5-4-6-16(18)22/h4-10H,1-3H3,(H,26,27)(H,23,24,25). The molecule has 0 spiro atoms. The zero-order valence-corrected chi connectivity index (χ0v) is 15.1. The maximum absolute atomic E-state index is 13.7. The molecule has 0 saturated carbocycles. The molecule has 138 valence electrons. The smallest absolute Gasteiger partial charge is 0.274 e. The molecule has 3 rings (SSSR count). The summed E-state index contributed by atoms with van der Waals surface area (Å²) >= 11 is 0. The van der Waals surface area contributed by atoms with Gasteiger partial charge in [0.15, 0.2) is 0 Å². The van der Waals surface area contributed by atoms with Gasteiger partial charge < -0.3 is 10.6 Å². The SMILES string of the molecule is Cc1cc(C(=O)Nc2c(F)cccc2F)nc(Nc2ccc(C)c(C)c2)n1. The molecule has 5 nitrogen and oxygen atoms in total. The molecular formula is C20H18F2N4O. The molecule has 0 fully saturated rings. The van der Waals surface area contributed by atoms with Crippen LogP contribution in [-0.4, -0.2) is 15.9 Å². The molecule has 0 atom stereocenters. The quantitative estimate of drug-likeness (QED) is 0.702. The molecule has 0 unspecified atom stereocenters. The third kappa shape index (κ3) is 4.25. The molecule has 1 aromatic heterocycles. The van der Waals surface area contributed by atoms with Gasteiger partial charge >= 0.3 is 0 Å².